The van der Waals surface area contributed by atoms with Crippen molar-refractivity contribution in [3.05, 3.63) is 28.2 Å². The second-order valence-electron chi connectivity index (χ2n) is 8.24. The number of alkyl halides is 1. The van der Waals surface area contributed by atoms with Gasteiger partial charge in [0.05, 0.1) is 0 Å². The van der Waals surface area contributed by atoms with Crippen molar-refractivity contribution in [1.29, 1.82) is 0 Å². The Morgan fingerprint density at radius 1 is 1.37 bits per heavy atom. The molecule has 3 N–H and O–H groups in total. The van der Waals surface area contributed by atoms with E-state index in [9.17, 15) is 9.59 Å². The van der Waals surface area contributed by atoms with E-state index in [0.717, 1.165) is 5.01 Å². The number of hydrogen-bond acceptors (Lipinski definition) is 8. The summed E-state index contributed by atoms with van der Waals surface area (Å²) in [6.45, 7) is 10.3. The molecule has 7 nitrogen and oxygen atoms in total. The van der Waals surface area contributed by atoms with Gasteiger partial charge in [-0.15, -0.1) is 22.9 Å². The van der Waals surface area contributed by atoms with Crippen LogP contribution in [0.2, 0.25) is 0 Å². The Hall–Kier alpha value is -1.48. The molecule has 0 unspecified atom stereocenters. The van der Waals surface area contributed by atoms with Gasteiger partial charge in [-0.3, -0.25) is 4.79 Å². The van der Waals surface area contributed by atoms with Crippen molar-refractivity contribution in [3.63, 3.8) is 0 Å². The van der Waals surface area contributed by atoms with Crippen LogP contribution in [-0.2, 0) is 20.8 Å². The largest absolute Gasteiger partial charge is 0.457 e. The van der Waals surface area contributed by atoms with Crippen molar-refractivity contribution in [3.8, 4) is 0 Å². The lowest BCUT2D eigenvalue weighted by Gasteiger charge is -2.19. The summed E-state index contributed by atoms with van der Waals surface area (Å²) in [4.78, 5) is 28.5. The van der Waals surface area contributed by atoms with Gasteiger partial charge in [-0.1, -0.05) is 19.9 Å². The zero-order valence-corrected chi connectivity index (χ0v) is 20.0. The number of nitrogens with two attached hydrogens (primary N) is 1. The lowest BCUT2D eigenvalue weighted by molar-refractivity contribution is -0.149. The lowest BCUT2D eigenvalue weighted by Crippen LogP contribution is -2.39. The van der Waals surface area contributed by atoms with Gasteiger partial charge in [0.1, 0.15) is 22.8 Å². The molecule has 2 atom stereocenters. The summed E-state index contributed by atoms with van der Waals surface area (Å²) in [6.07, 6.45) is 4.65. The molecule has 0 fully saturated rings. The normalized spacial score (nSPS) is 14.1. The first kappa shape index (κ1) is 26.6. The van der Waals surface area contributed by atoms with Crippen molar-refractivity contribution in [2.24, 2.45) is 11.7 Å². The highest BCUT2D eigenvalue weighted by Gasteiger charge is 2.22. The predicted octanol–water partition coefficient (Wildman–Crippen LogP) is 3.66. The number of nitrogens with zero attached hydrogens (tertiary/aromatic N) is 1. The van der Waals surface area contributed by atoms with Gasteiger partial charge in [0.15, 0.2) is 5.69 Å². The van der Waals surface area contributed by atoms with Crippen LogP contribution in [0.1, 0.15) is 63.0 Å². The maximum atomic E-state index is 12.2. The summed E-state index contributed by atoms with van der Waals surface area (Å²) in [5, 5.41) is 5.74. The molecule has 0 aliphatic carbocycles. The molecule has 30 heavy (non-hydrogen) atoms. The summed E-state index contributed by atoms with van der Waals surface area (Å²) in [5.41, 5.74) is 5.63. The second-order valence-corrected chi connectivity index (χ2v) is 9.57. The van der Waals surface area contributed by atoms with Gasteiger partial charge in [-0.2, -0.15) is 0 Å². The molecule has 170 valence electrons. The Balaban J connectivity index is 2.52. The molecule has 0 aromatic carbocycles. The SMILES string of the molecule is CC(C)[C@H](N)C(=O)O[C@H](/C=C/CCCl)CCNCc1nc(C(=O)OC(C)(C)C)cs1. The summed E-state index contributed by atoms with van der Waals surface area (Å²) in [5.74, 6) is -0.326. The maximum absolute atomic E-state index is 12.2. The summed E-state index contributed by atoms with van der Waals surface area (Å²) < 4.78 is 10.9. The Morgan fingerprint density at radius 3 is 2.67 bits per heavy atom. The molecule has 0 saturated heterocycles. The molecule has 1 aromatic rings. The van der Waals surface area contributed by atoms with Crippen LogP contribution in [-0.4, -0.2) is 47.1 Å². The van der Waals surface area contributed by atoms with Gasteiger partial charge < -0.3 is 20.5 Å². The smallest absolute Gasteiger partial charge is 0.358 e. The number of rotatable bonds is 12. The fourth-order valence-corrected chi connectivity index (χ4v) is 3.12. The van der Waals surface area contributed by atoms with Crippen molar-refractivity contribution in [2.75, 3.05) is 12.4 Å². The number of nitrogens with one attached hydrogen (secondary N) is 1. The van der Waals surface area contributed by atoms with Crippen molar-refractivity contribution >= 4 is 34.9 Å². The van der Waals surface area contributed by atoms with Crippen LogP contribution in [0.4, 0.5) is 0 Å². The van der Waals surface area contributed by atoms with Crippen molar-refractivity contribution in [2.45, 2.75) is 71.8 Å². The zero-order valence-electron chi connectivity index (χ0n) is 18.4. The minimum Gasteiger partial charge on any atom is -0.457 e. The molecule has 0 aliphatic heterocycles. The fourth-order valence-electron chi connectivity index (χ4n) is 2.26. The van der Waals surface area contributed by atoms with Gasteiger partial charge in [0.25, 0.3) is 0 Å². The van der Waals surface area contributed by atoms with Crippen LogP contribution >= 0.6 is 22.9 Å². The van der Waals surface area contributed by atoms with Gasteiger partial charge >= 0.3 is 11.9 Å². The minimum atomic E-state index is -0.650. The predicted molar refractivity (Wildman–Crippen MR) is 121 cm³/mol. The van der Waals surface area contributed by atoms with Crippen LogP contribution < -0.4 is 11.1 Å². The Bertz CT molecular complexity index is 701. The lowest BCUT2D eigenvalue weighted by atomic mass is 10.1. The van der Waals surface area contributed by atoms with Crippen molar-refractivity contribution < 1.29 is 19.1 Å². The molecule has 0 bridgehead atoms. The molecular formula is C21H34ClN3O4S. The van der Waals surface area contributed by atoms with E-state index in [1.807, 2.05) is 46.8 Å². The number of allylic oxidation sites excluding steroid dienone is 1. The summed E-state index contributed by atoms with van der Waals surface area (Å²) in [7, 11) is 0. The standard InChI is InChI=1S/C21H34ClN3O4S/c1-14(2)18(23)20(27)28-15(8-6-7-10-22)9-11-24-12-17-25-16(13-30-17)19(26)29-21(3,4)5/h6,8,13-15,18,24H,7,9-12,23H2,1-5H3/b8-6+/t15-,18+/m1/s1. The highest BCUT2D eigenvalue weighted by atomic mass is 35.5. The number of aromatic nitrogens is 1. The first-order valence-corrected chi connectivity index (χ1v) is 11.5. The Morgan fingerprint density at radius 2 is 2.07 bits per heavy atom. The third kappa shape index (κ3) is 10.5. The molecule has 0 radical (unpaired) electrons. The number of carbonyl (C=O) groups excluding carboxylic acids is 2. The molecule has 0 saturated carbocycles. The number of esters is 2. The highest BCUT2D eigenvalue weighted by molar-refractivity contribution is 7.09. The fraction of sp³-hybridized carbons (Fsp3) is 0.667. The number of halogens is 1. The molecule has 1 heterocycles. The highest BCUT2D eigenvalue weighted by Crippen LogP contribution is 2.15. The van der Waals surface area contributed by atoms with Gasteiger partial charge in [-0.05, 0) is 45.7 Å². The maximum Gasteiger partial charge on any atom is 0.358 e. The quantitative estimate of drug-likeness (QED) is 0.213. The van der Waals surface area contributed by atoms with Crippen LogP contribution in [0.3, 0.4) is 0 Å². The average molecular weight is 460 g/mol. The number of hydrogen-bond donors (Lipinski definition) is 2. The van der Waals surface area contributed by atoms with E-state index in [0.29, 0.717) is 37.5 Å². The zero-order chi connectivity index (χ0) is 22.7. The van der Waals surface area contributed by atoms with E-state index < -0.39 is 23.6 Å². The van der Waals surface area contributed by atoms with Gasteiger partial charge in [-0.25, -0.2) is 9.78 Å². The third-order valence-electron chi connectivity index (χ3n) is 3.93. The van der Waals surface area contributed by atoms with Crippen LogP contribution in [0.15, 0.2) is 17.5 Å². The number of thiazole rings is 1. The molecule has 1 rings (SSSR count). The van der Waals surface area contributed by atoms with Crippen LogP contribution in [0, 0.1) is 5.92 Å². The van der Waals surface area contributed by atoms with Gasteiger partial charge in [0.2, 0.25) is 0 Å². The molecular weight excluding hydrogens is 426 g/mol. The van der Waals surface area contributed by atoms with E-state index in [4.69, 9.17) is 26.8 Å². The average Bonchev–Trinajstić information content (AvgIpc) is 3.12. The minimum absolute atomic E-state index is 0.00664. The van der Waals surface area contributed by atoms with Crippen LogP contribution in [0.25, 0.3) is 0 Å². The molecule has 9 heteroatoms. The summed E-state index contributed by atoms with van der Waals surface area (Å²) in [6, 6.07) is -0.650. The number of ether oxygens (including phenoxy) is 2. The van der Waals surface area contributed by atoms with Gasteiger partial charge in [0, 0.05) is 24.2 Å². The molecule has 0 spiro atoms. The van der Waals surface area contributed by atoms with E-state index in [2.05, 4.69) is 10.3 Å². The van der Waals surface area contributed by atoms with E-state index >= 15 is 0 Å². The second kappa shape index (κ2) is 13.0. The molecule has 1 aromatic heterocycles. The molecule has 0 amide bonds. The van der Waals surface area contributed by atoms with E-state index in [-0.39, 0.29) is 12.0 Å². The number of carbonyl (C=O) groups is 2. The third-order valence-corrected chi connectivity index (χ3v) is 4.99. The Kier molecular flexibility index (Phi) is 11.5. The first-order chi connectivity index (χ1) is 14.0. The topological polar surface area (TPSA) is 104 Å². The first-order valence-electron chi connectivity index (χ1n) is 10.1. The van der Waals surface area contributed by atoms with Crippen molar-refractivity contribution in [1.82, 2.24) is 10.3 Å². The molecule has 0 aliphatic rings. The monoisotopic (exact) mass is 459 g/mol. The van der Waals surface area contributed by atoms with Crippen LogP contribution in [0.5, 0.6) is 0 Å². The van der Waals surface area contributed by atoms with E-state index in [1.54, 1.807) is 5.38 Å². The summed E-state index contributed by atoms with van der Waals surface area (Å²) >= 11 is 7.10. The Labute approximate surface area is 188 Å². The van der Waals surface area contributed by atoms with E-state index in [1.165, 1.54) is 11.3 Å².